The van der Waals surface area contributed by atoms with Crippen molar-refractivity contribution >= 4 is 11.8 Å². The maximum Gasteiger partial charge on any atom is 0.247 e. The zero-order valence-corrected chi connectivity index (χ0v) is 11.6. The Morgan fingerprint density at radius 2 is 2.05 bits per heavy atom. The molecule has 0 bridgehead atoms. The molecule has 2 heterocycles. The van der Waals surface area contributed by atoms with Gasteiger partial charge in [0.15, 0.2) is 0 Å². The second-order valence-electron chi connectivity index (χ2n) is 4.85. The lowest BCUT2D eigenvalue weighted by Crippen LogP contribution is -2.53. The molecule has 1 aliphatic rings. The zero-order valence-electron chi connectivity index (χ0n) is 11.6. The molecule has 1 aromatic carbocycles. The van der Waals surface area contributed by atoms with E-state index in [0.717, 1.165) is 5.56 Å². The molecular weight excluding hydrogens is 270 g/mol. The summed E-state index contributed by atoms with van der Waals surface area (Å²) in [6.07, 6.45) is 1.43. The second-order valence-corrected chi connectivity index (χ2v) is 4.85. The smallest absolute Gasteiger partial charge is 0.247 e. The van der Waals surface area contributed by atoms with E-state index in [-0.39, 0.29) is 24.9 Å². The molecule has 7 nitrogen and oxygen atoms in total. The second kappa shape index (κ2) is 5.35. The first-order valence-corrected chi connectivity index (χ1v) is 6.62. The quantitative estimate of drug-likeness (QED) is 0.862. The van der Waals surface area contributed by atoms with E-state index in [0.29, 0.717) is 5.82 Å². The molecule has 21 heavy (non-hydrogen) atoms. The van der Waals surface area contributed by atoms with Gasteiger partial charge in [0.05, 0.1) is 13.1 Å². The molecule has 1 unspecified atom stereocenters. The average Bonchev–Trinajstić information content (AvgIpc) is 2.89. The molecule has 1 fully saturated rings. The van der Waals surface area contributed by atoms with Crippen LogP contribution in [0.15, 0.2) is 36.7 Å². The van der Waals surface area contributed by atoms with Gasteiger partial charge in [0.2, 0.25) is 11.8 Å². The largest absolute Gasteiger partial charge is 0.345 e. The van der Waals surface area contributed by atoms with Crippen molar-refractivity contribution in [2.24, 2.45) is 7.05 Å². The topological polar surface area (TPSA) is 80.1 Å². The molecule has 2 aromatic rings. The normalized spacial score (nSPS) is 18.7. The maximum atomic E-state index is 12.2. The number of aryl methyl sites for hydroxylation is 1. The van der Waals surface area contributed by atoms with E-state index < -0.39 is 6.04 Å². The van der Waals surface area contributed by atoms with Crippen molar-refractivity contribution in [2.75, 3.05) is 6.54 Å². The van der Waals surface area contributed by atoms with Crippen LogP contribution in [0.4, 0.5) is 0 Å². The van der Waals surface area contributed by atoms with E-state index in [1.807, 2.05) is 30.3 Å². The van der Waals surface area contributed by atoms with Gasteiger partial charge in [-0.1, -0.05) is 30.3 Å². The molecule has 1 saturated heterocycles. The predicted octanol–water partition coefficient (Wildman–Crippen LogP) is 0.0148. The van der Waals surface area contributed by atoms with Gasteiger partial charge in [-0.2, -0.15) is 5.10 Å². The lowest BCUT2D eigenvalue weighted by Gasteiger charge is -2.34. The minimum Gasteiger partial charge on any atom is -0.345 e. The molecule has 1 aliphatic heterocycles. The van der Waals surface area contributed by atoms with Crippen molar-refractivity contribution in [3.63, 3.8) is 0 Å². The standard InChI is InChI=1S/C14H15N5O2/c1-18-11(16-9-17-18)8-19-12(20)7-15-14(21)13(19)10-5-3-2-4-6-10/h2-6,9,13H,7-8H2,1H3,(H,15,21). The highest BCUT2D eigenvalue weighted by Gasteiger charge is 2.36. The summed E-state index contributed by atoms with van der Waals surface area (Å²) in [6, 6.07) is 8.62. The third-order valence-corrected chi connectivity index (χ3v) is 3.53. The summed E-state index contributed by atoms with van der Waals surface area (Å²) in [5, 5.41) is 6.62. The van der Waals surface area contributed by atoms with Gasteiger partial charge < -0.3 is 10.2 Å². The van der Waals surface area contributed by atoms with Crippen LogP contribution in [0.2, 0.25) is 0 Å². The van der Waals surface area contributed by atoms with Crippen LogP contribution in [0.3, 0.4) is 0 Å². The summed E-state index contributed by atoms with van der Waals surface area (Å²) in [5.74, 6) is 0.327. The van der Waals surface area contributed by atoms with Gasteiger partial charge in [-0.05, 0) is 5.56 Å². The molecule has 1 N–H and O–H groups in total. The van der Waals surface area contributed by atoms with Gasteiger partial charge in [-0.25, -0.2) is 4.98 Å². The Hall–Kier alpha value is -2.70. The van der Waals surface area contributed by atoms with Crippen LogP contribution >= 0.6 is 0 Å². The lowest BCUT2D eigenvalue weighted by atomic mass is 10.0. The third-order valence-electron chi connectivity index (χ3n) is 3.53. The number of carbonyl (C=O) groups excluding carboxylic acids is 2. The Balaban J connectivity index is 1.95. The summed E-state index contributed by atoms with van der Waals surface area (Å²) in [7, 11) is 1.76. The fraction of sp³-hybridized carbons (Fsp3) is 0.286. The van der Waals surface area contributed by atoms with E-state index in [1.165, 1.54) is 11.2 Å². The average molecular weight is 285 g/mol. The number of hydrogen-bond donors (Lipinski definition) is 1. The monoisotopic (exact) mass is 285 g/mol. The molecule has 7 heteroatoms. The number of hydrogen-bond acceptors (Lipinski definition) is 4. The van der Waals surface area contributed by atoms with Crippen molar-refractivity contribution in [1.29, 1.82) is 0 Å². The first-order chi connectivity index (χ1) is 10.2. The first-order valence-electron chi connectivity index (χ1n) is 6.62. The number of aromatic nitrogens is 3. The molecule has 0 radical (unpaired) electrons. The number of benzene rings is 1. The summed E-state index contributed by atoms with van der Waals surface area (Å²) in [6.45, 7) is 0.266. The fourth-order valence-electron chi connectivity index (χ4n) is 2.41. The van der Waals surface area contributed by atoms with Crippen molar-refractivity contribution in [2.45, 2.75) is 12.6 Å². The van der Waals surface area contributed by atoms with Gasteiger partial charge >= 0.3 is 0 Å². The van der Waals surface area contributed by atoms with Crippen molar-refractivity contribution in [3.8, 4) is 0 Å². The molecular formula is C14H15N5O2. The van der Waals surface area contributed by atoms with Gasteiger partial charge in [0, 0.05) is 7.05 Å². The zero-order chi connectivity index (χ0) is 14.8. The predicted molar refractivity (Wildman–Crippen MR) is 73.7 cm³/mol. The lowest BCUT2D eigenvalue weighted by molar-refractivity contribution is -0.146. The minimum atomic E-state index is -0.635. The Bertz CT molecular complexity index is 667. The summed E-state index contributed by atoms with van der Waals surface area (Å²) >= 11 is 0. The Morgan fingerprint density at radius 1 is 1.29 bits per heavy atom. The van der Waals surface area contributed by atoms with Crippen LogP contribution in [0.1, 0.15) is 17.4 Å². The van der Waals surface area contributed by atoms with Crippen LogP contribution in [0, 0.1) is 0 Å². The van der Waals surface area contributed by atoms with Crippen LogP contribution in [0.25, 0.3) is 0 Å². The maximum absolute atomic E-state index is 12.2. The van der Waals surface area contributed by atoms with Gasteiger partial charge in [0.25, 0.3) is 0 Å². The number of amides is 2. The third kappa shape index (κ3) is 2.49. The van der Waals surface area contributed by atoms with Crippen LogP contribution in [-0.4, -0.2) is 38.0 Å². The Kier molecular flexibility index (Phi) is 3.39. The van der Waals surface area contributed by atoms with Gasteiger partial charge in [-0.15, -0.1) is 0 Å². The highest BCUT2D eigenvalue weighted by molar-refractivity contribution is 5.95. The molecule has 1 atom stereocenters. The molecule has 0 spiro atoms. The van der Waals surface area contributed by atoms with Gasteiger partial charge in [0.1, 0.15) is 18.2 Å². The molecule has 0 saturated carbocycles. The van der Waals surface area contributed by atoms with E-state index in [2.05, 4.69) is 15.4 Å². The van der Waals surface area contributed by atoms with Crippen molar-refractivity contribution < 1.29 is 9.59 Å². The fourth-order valence-corrected chi connectivity index (χ4v) is 2.41. The van der Waals surface area contributed by atoms with Crippen LogP contribution in [-0.2, 0) is 23.2 Å². The molecule has 2 amide bonds. The number of carbonyl (C=O) groups is 2. The number of nitrogens with one attached hydrogen (secondary N) is 1. The summed E-state index contributed by atoms with van der Waals surface area (Å²) in [5.41, 5.74) is 0.783. The van der Waals surface area contributed by atoms with Crippen LogP contribution < -0.4 is 5.32 Å². The summed E-state index contributed by atoms with van der Waals surface area (Å²) < 4.78 is 1.60. The Morgan fingerprint density at radius 3 is 2.71 bits per heavy atom. The minimum absolute atomic E-state index is 0.0139. The highest BCUT2D eigenvalue weighted by Crippen LogP contribution is 2.25. The van der Waals surface area contributed by atoms with E-state index in [1.54, 1.807) is 11.7 Å². The molecule has 108 valence electrons. The summed E-state index contributed by atoms with van der Waals surface area (Å²) in [4.78, 5) is 30.1. The van der Waals surface area contributed by atoms with E-state index in [4.69, 9.17) is 0 Å². The molecule has 3 rings (SSSR count). The number of nitrogens with zero attached hydrogens (tertiary/aromatic N) is 4. The van der Waals surface area contributed by atoms with Gasteiger partial charge in [-0.3, -0.25) is 14.3 Å². The van der Waals surface area contributed by atoms with E-state index in [9.17, 15) is 9.59 Å². The SMILES string of the molecule is Cn1ncnc1CN1C(=O)CNC(=O)C1c1ccccc1. The van der Waals surface area contributed by atoms with Crippen molar-refractivity contribution in [1.82, 2.24) is 25.0 Å². The molecule has 0 aliphatic carbocycles. The number of rotatable bonds is 3. The highest BCUT2D eigenvalue weighted by atomic mass is 16.2. The van der Waals surface area contributed by atoms with Crippen LogP contribution in [0.5, 0.6) is 0 Å². The number of piperazine rings is 1. The first kappa shape index (κ1) is 13.3. The van der Waals surface area contributed by atoms with Crippen molar-refractivity contribution in [3.05, 3.63) is 48.0 Å². The molecule has 1 aromatic heterocycles. The Labute approximate surface area is 121 Å². The van der Waals surface area contributed by atoms with E-state index >= 15 is 0 Å².